The maximum Gasteiger partial charge on any atom is 0.254 e. The highest BCUT2D eigenvalue weighted by atomic mass is 16.5. The zero-order valence-corrected chi connectivity index (χ0v) is 18.8. The molecule has 0 unspecified atom stereocenters. The predicted octanol–water partition coefficient (Wildman–Crippen LogP) is 4.51. The van der Waals surface area contributed by atoms with Crippen molar-refractivity contribution in [3.05, 3.63) is 94.5 Å². The fourth-order valence-electron chi connectivity index (χ4n) is 4.14. The molecule has 0 spiro atoms. The quantitative estimate of drug-likeness (QED) is 0.561. The van der Waals surface area contributed by atoms with E-state index in [1.165, 1.54) is 0 Å². The number of rotatable bonds is 5. The van der Waals surface area contributed by atoms with Crippen LogP contribution < -0.4 is 9.64 Å². The minimum Gasteiger partial charge on any atom is -0.497 e. The van der Waals surface area contributed by atoms with Gasteiger partial charge < -0.3 is 14.5 Å². The molecular formula is C27H28N2O3. The Balaban J connectivity index is 1.52. The lowest BCUT2D eigenvalue weighted by Crippen LogP contribution is -2.49. The van der Waals surface area contributed by atoms with Crippen molar-refractivity contribution in [3.63, 3.8) is 0 Å². The zero-order valence-electron chi connectivity index (χ0n) is 18.8. The Labute approximate surface area is 189 Å². The second kappa shape index (κ2) is 9.27. The molecule has 0 bridgehead atoms. The number of benzene rings is 3. The Bertz CT molecular complexity index is 1150. The van der Waals surface area contributed by atoms with E-state index in [4.69, 9.17) is 4.74 Å². The molecule has 1 aliphatic heterocycles. The van der Waals surface area contributed by atoms with Crippen molar-refractivity contribution >= 4 is 17.4 Å². The van der Waals surface area contributed by atoms with Crippen LogP contribution in [-0.2, 0) is 0 Å². The normalized spacial score (nSPS) is 13.7. The van der Waals surface area contributed by atoms with Crippen molar-refractivity contribution in [2.24, 2.45) is 0 Å². The highest BCUT2D eigenvalue weighted by Crippen LogP contribution is 2.24. The molecule has 0 aliphatic carbocycles. The predicted molar refractivity (Wildman–Crippen MR) is 127 cm³/mol. The molecule has 1 amide bonds. The first kappa shape index (κ1) is 21.6. The van der Waals surface area contributed by atoms with Crippen LogP contribution in [-0.4, -0.2) is 49.9 Å². The molecule has 5 heteroatoms. The van der Waals surface area contributed by atoms with Gasteiger partial charge in [-0.3, -0.25) is 9.59 Å². The Morgan fingerprint density at radius 2 is 1.50 bits per heavy atom. The molecule has 164 valence electrons. The Morgan fingerprint density at radius 3 is 2.22 bits per heavy atom. The van der Waals surface area contributed by atoms with Gasteiger partial charge in [-0.15, -0.1) is 0 Å². The highest BCUT2D eigenvalue weighted by molar-refractivity contribution is 6.16. The maximum absolute atomic E-state index is 13.4. The zero-order chi connectivity index (χ0) is 22.7. The monoisotopic (exact) mass is 428 g/mol. The van der Waals surface area contributed by atoms with Gasteiger partial charge in [0.1, 0.15) is 5.75 Å². The second-order valence-electron chi connectivity index (χ2n) is 8.17. The third kappa shape index (κ3) is 4.37. The third-order valence-electron chi connectivity index (χ3n) is 6.03. The number of nitrogens with zero attached hydrogens (tertiary/aromatic N) is 2. The number of hydrogen-bond donors (Lipinski definition) is 0. The molecule has 0 aromatic heterocycles. The lowest BCUT2D eigenvalue weighted by Gasteiger charge is -2.36. The van der Waals surface area contributed by atoms with Crippen molar-refractivity contribution in [3.8, 4) is 5.75 Å². The molecule has 3 aromatic carbocycles. The van der Waals surface area contributed by atoms with E-state index in [2.05, 4.69) is 11.0 Å². The second-order valence-corrected chi connectivity index (χ2v) is 8.17. The molecule has 0 atom stereocenters. The summed E-state index contributed by atoms with van der Waals surface area (Å²) in [7, 11) is 1.66. The summed E-state index contributed by atoms with van der Waals surface area (Å²) in [5.41, 5.74) is 4.59. The molecule has 0 N–H and O–H groups in total. The van der Waals surface area contributed by atoms with Crippen molar-refractivity contribution in [1.29, 1.82) is 0 Å². The van der Waals surface area contributed by atoms with Crippen molar-refractivity contribution in [2.75, 3.05) is 38.2 Å². The summed E-state index contributed by atoms with van der Waals surface area (Å²) < 4.78 is 5.33. The molecular weight excluding hydrogens is 400 g/mol. The first-order chi connectivity index (χ1) is 15.5. The van der Waals surface area contributed by atoms with Crippen LogP contribution in [0.5, 0.6) is 5.75 Å². The van der Waals surface area contributed by atoms with Crippen molar-refractivity contribution in [1.82, 2.24) is 4.90 Å². The fraction of sp³-hybridized carbons (Fsp3) is 0.259. The third-order valence-corrected chi connectivity index (χ3v) is 6.03. The SMILES string of the molecule is COc1cccc(N2CCN(C(=O)c3ccccc3C(=O)c3cc(C)ccc3C)CC2)c1. The van der Waals surface area contributed by atoms with Crippen LogP contribution in [0, 0.1) is 13.8 Å². The van der Waals surface area contributed by atoms with Gasteiger partial charge in [-0.2, -0.15) is 0 Å². The van der Waals surface area contributed by atoms with Crippen LogP contribution in [0.1, 0.15) is 37.4 Å². The van der Waals surface area contributed by atoms with Crippen molar-refractivity contribution in [2.45, 2.75) is 13.8 Å². The van der Waals surface area contributed by atoms with Crippen LogP contribution in [0.15, 0.2) is 66.7 Å². The maximum atomic E-state index is 13.4. The standard InChI is InChI=1S/C27H28N2O3/c1-19-11-12-20(2)25(17-19)26(30)23-9-4-5-10-24(23)27(31)29-15-13-28(14-16-29)21-7-6-8-22(18-21)32-3/h4-12,17-18H,13-16H2,1-3H3. The lowest BCUT2D eigenvalue weighted by molar-refractivity contribution is 0.0742. The number of anilines is 1. The molecule has 1 aliphatic rings. The van der Waals surface area contributed by atoms with E-state index in [0.29, 0.717) is 29.8 Å². The summed E-state index contributed by atoms with van der Waals surface area (Å²) in [4.78, 5) is 30.8. The number of methoxy groups -OCH3 is 1. The molecule has 32 heavy (non-hydrogen) atoms. The van der Waals surface area contributed by atoms with Gasteiger partial charge in [0.2, 0.25) is 0 Å². The number of ether oxygens (including phenoxy) is 1. The largest absolute Gasteiger partial charge is 0.497 e. The van der Waals surface area contributed by atoms with E-state index in [0.717, 1.165) is 35.7 Å². The Kier molecular flexibility index (Phi) is 6.26. The lowest BCUT2D eigenvalue weighted by atomic mass is 9.94. The highest BCUT2D eigenvalue weighted by Gasteiger charge is 2.26. The van der Waals surface area contributed by atoms with Gasteiger partial charge in [-0.05, 0) is 43.7 Å². The average molecular weight is 429 g/mol. The van der Waals surface area contributed by atoms with Crippen molar-refractivity contribution < 1.29 is 14.3 Å². The topological polar surface area (TPSA) is 49.9 Å². The molecule has 1 heterocycles. The van der Waals surface area contributed by atoms with E-state index in [1.807, 2.05) is 67.3 Å². The number of aryl methyl sites for hydroxylation is 2. The first-order valence-electron chi connectivity index (χ1n) is 10.9. The van der Waals surface area contributed by atoms with E-state index in [1.54, 1.807) is 19.2 Å². The van der Waals surface area contributed by atoms with E-state index in [-0.39, 0.29) is 11.7 Å². The van der Waals surface area contributed by atoms with Gasteiger partial charge in [0.05, 0.1) is 12.7 Å². The average Bonchev–Trinajstić information content (AvgIpc) is 2.84. The number of ketones is 1. The van der Waals surface area contributed by atoms with Gasteiger partial charge in [0.15, 0.2) is 5.78 Å². The number of carbonyl (C=O) groups excluding carboxylic acids is 2. The number of amides is 1. The summed E-state index contributed by atoms with van der Waals surface area (Å²) in [5.74, 6) is 0.620. The van der Waals surface area contributed by atoms with Crippen LogP contribution >= 0.6 is 0 Å². The van der Waals surface area contributed by atoms with Crippen LogP contribution in [0.25, 0.3) is 0 Å². The molecule has 4 rings (SSSR count). The van der Waals surface area contributed by atoms with Gasteiger partial charge >= 0.3 is 0 Å². The van der Waals surface area contributed by atoms with Crippen LogP contribution in [0.2, 0.25) is 0 Å². The molecule has 0 saturated carbocycles. The summed E-state index contributed by atoms with van der Waals surface area (Å²) >= 11 is 0. The number of carbonyl (C=O) groups is 2. The smallest absolute Gasteiger partial charge is 0.254 e. The van der Waals surface area contributed by atoms with E-state index >= 15 is 0 Å². The molecule has 3 aromatic rings. The molecule has 1 saturated heterocycles. The summed E-state index contributed by atoms with van der Waals surface area (Å²) in [6, 6.07) is 20.9. The molecule has 1 fully saturated rings. The van der Waals surface area contributed by atoms with Gasteiger partial charge in [-0.25, -0.2) is 0 Å². The Hall–Kier alpha value is -3.60. The molecule has 0 radical (unpaired) electrons. The summed E-state index contributed by atoms with van der Waals surface area (Å²) in [6.07, 6.45) is 0. The van der Waals surface area contributed by atoms with E-state index in [9.17, 15) is 9.59 Å². The van der Waals surface area contributed by atoms with Gasteiger partial charge in [0.25, 0.3) is 5.91 Å². The fourth-order valence-corrected chi connectivity index (χ4v) is 4.14. The number of piperazine rings is 1. The minimum absolute atomic E-state index is 0.0930. The van der Waals surface area contributed by atoms with Gasteiger partial charge in [0, 0.05) is 49.1 Å². The number of hydrogen-bond acceptors (Lipinski definition) is 4. The molecule has 5 nitrogen and oxygen atoms in total. The first-order valence-corrected chi connectivity index (χ1v) is 10.9. The van der Waals surface area contributed by atoms with E-state index < -0.39 is 0 Å². The summed E-state index contributed by atoms with van der Waals surface area (Å²) in [6.45, 7) is 6.55. The van der Waals surface area contributed by atoms with Gasteiger partial charge in [-0.1, -0.05) is 42.0 Å². The summed E-state index contributed by atoms with van der Waals surface area (Å²) in [5, 5.41) is 0. The van der Waals surface area contributed by atoms with Crippen LogP contribution in [0.4, 0.5) is 5.69 Å². The van der Waals surface area contributed by atoms with Crippen LogP contribution in [0.3, 0.4) is 0 Å². The Morgan fingerprint density at radius 1 is 0.781 bits per heavy atom. The minimum atomic E-state index is -0.106.